The maximum Gasteiger partial charge on any atom is 0.330 e. The van der Waals surface area contributed by atoms with E-state index in [4.69, 9.17) is 0 Å². The van der Waals surface area contributed by atoms with Crippen LogP contribution in [-0.2, 0) is 9.53 Å². The second kappa shape index (κ2) is 8.21. The molecule has 0 aromatic carbocycles. The summed E-state index contributed by atoms with van der Waals surface area (Å²) in [5.74, 6) is 2.64. The number of methoxy groups -OCH3 is 1. The second-order valence-electron chi connectivity index (χ2n) is 6.26. The number of hydrogen-bond acceptors (Lipinski definition) is 2. The molecule has 0 heterocycles. The molecular formula is C19H28O2. The maximum atomic E-state index is 11.2. The fourth-order valence-electron chi connectivity index (χ4n) is 3.86. The van der Waals surface area contributed by atoms with Gasteiger partial charge in [-0.2, -0.15) is 0 Å². The first kappa shape index (κ1) is 16.1. The van der Waals surface area contributed by atoms with Crippen LogP contribution in [0.2, 0.25) is 0 Å². The molecule has 2 rings (SSSR count). The lowest BCUT2D eigenvalue weighted by Gasteiger charge is -2.51. The predicted molar refractivity (Wildman–Crippen MR) is 86.8 cm³/mol. The first-order valence-electron chi connectivity index (χ1n) is 8.37. The number of rotatable bonds is 8. The van der Waals surface area contributed by atoms with Crippen molar-refractivity contribution in [1.82, 2.24) is 0 Å². The summed E-state index contributed by atoms with van der Waals surface area (Å²) in [6.45, 7) is 2.26. The monoisotopic (exact) mass is 288 g/mol. The van der Waals surface area contributed by atoms with Crippen LogP contribution in [0.3, 0.4) is 0 Å². The van der Waals surface area contributed by atoms with Gasteiger partial charge in [-0.05, 0) is 36.5 Å². The Labute approximate surface area is 129 Å². The molecule has 2 nitrogen and oxygen atoms in total. The summed E-state index contributed by atoms with van der Waals surface area (Å²) in [6.07, 6.45) is 20.3. The van der Waals surface area contributed by atoms with Crippen LogP contribution in [0, 0.1) is 23.7 Å². The van der Waals surface area contributed by atoms with E-state index in [0.29, 0.717) is 11.8 Å². The molecule has 0 saturated heterocycles. The fourth-order valence-corrected chi connectivity index (χ4v) is 3.86. The Bertz CT molecular complexity index is 419. The molecule has 4 atom stereocenters. The van der Waals surface area contributed by atoms with Crippen LogP contribution in [-0.4, -0.2) is 13.1 Å². The summed E-state index contributed by atoms with van der Waals surface area (Å²) in [7, 11) is 1.43. The Morgan fingerprint density at radius 3 is 2.48 bits per heavy atom. The predicted octanol–water partition coefficient (Wildman–Crippen LogP) is 4.68. The van der Waals surface area contributed by atoms with Crippen molar-refractivity contribution in [3.63, 3.8) is 0 Å². The molecule has 2 heteroatoms. The number of carbonyl (C=O) groups excluding carboxylic acids is 1. The Kier molecular flexibility index (Phi) is 6.28. The van der Waals surface area contributed by atoms with Crippen LogP contribution in [0.4, 0.5) is 0 Å². The van der Waals surface area contributed by atoms with E-state index < -0.39 is 0 Å². The van der Waals surface area contributed by atoms with E-state index >= 15 is 0 Å². The minimum Gasteiger partial charge on any atom is -0.466 e. The highest BCUT2D eigenvalue weighted by atomic mass is 16.5. The Balaban J connectivity index is 1.86. The summed E-state index contributed by atoms with van der Waals surface area (Å²) < 4.78 is 4.66. The van der Waals surface area contributed by atoms with E-state index in [0.717, 1.165) is 18.3 Å². The molecule has 0 unspecified atom stereocenters. The standard InChI is InChI=1S/C19H28O2/c1-3-4-5-6-10-15-16-11-7-8-12-17(16)18(15)13-9-14-19(20)21-2/h7-9,11-12,14-18H,3-6,10,13H2,1-2H3/b14-9+/t15-,16-,17-,18+/m1/s1. The normalized spacial score (nSPS) is 30.2. The molecule has 0 bridgehead atoms. The average molecular weight is 288 g/mol. The molecule has 0 aliphatic heterocycles. The molecule has 2 aliphatic rings. The van der Waals surface area contributed by atoms with E-state index in [9.17, 15) is 4.79 Å². The molecule has 2 aliphatic carbocycles. The Hall–Kier alpha value is -1.31. The lowest BCUT2D eigenvalue weighted by atomic mass is 9.53. The molecule has 0 radical (unpaired) electrons. The van der Waals surface area contributed by atoms with E-state index in [1.165, 1.54) is 39.2 Å². The quantitative estimate of drug-likeness (QED) is 0.368. The zero-order chi connectivity index (χ0) is 15.1. The SMILES string of the molecule is CCCCCC[C@@H]1[C@H]2C=CC=C[C@H]2[C@H]1C/C=C/C(=O)OC. The molecule has 0 aromatic rings. The van der Waals surface area contributed by atoms with Crippen molar-refractivity contribution < 1.29 is 9.53 Å². The third kappa shape index (κ3) is 4.09. The number of ether oxygens (including phenoxy) is 1. The van der Waals surface area contributed by atoms with Crippen LogP contribution in [0.25, 0.3) is 0 Å². The number of esters is 1. The number of unbranched alkanes of at least 4 members (excludes halogenated alkanes) is 3. The third-order valence-electron chi connectivity index (χ3n) is 5.02. The molecular weight excluding hydrogens is 260 g/mol. The van der Waals surface area contributed by atoms with Crippen LogP contribution in [0.5, 0.6) is 0 Å². The van der Waals surface area contributed by atoms with Gasteiger partial charge in [0.1, 0.15) is 0 Å². The van der Waals surface area contributed by atoms with Gasteiger partial charge in [0.25, 0.3) is 0 Å². The molecule has 0 amide bonds. The van der Waals surface area contributed by atoms with E-state index in [-0.39, 0.29) is 5.97 Å². The minimum absolute atomic E-state index is 0.246. The number of fused-ring (bicyclic) bond motifs is 1. The Morgan fingerprint density at radius 1 is 1.10 bits per heavy atom. The van der Waals surface area contributed by atoms with Gasteiger partial charge in [-0.1, -0.05) is 63.0 Å². The first-order chi connectivity index (χ1) is 10.3. The molecule has 1 saturated carbocycles. The topological polar surface area (TPSA) is 26.3 Å². The van der Waals surface area contributed by atoms with Crippen LogP contribution in [0.15, 0.2) is 36.5 Å². The zero-order valence-electron chi connectivity index (χ0n) is 13.3. The minimum atomic E-state index is -0.246. The highest BCUT2D eigenvalue weighted by Crippen LogP contribution is 2.53. The van der Waals surface area contributed by atoms with Crippen molar-refractivity contribution in [2.45, 2.75) is 45.4 Å². The smallest absolute Gasteiger partial charge is 0.330 e. The summed E-state index contributed by atoms with van der Waals surface area (Å²) in [5.41, 5.74) is 0. The van der Waals surface area contributed by atoms with E-state index in [2.05, 4.69) is 36.0 Å². The summed E-state index contributed by atoms with van der Waals surface area (Å²) in [4.78, 5) is 11.2. The second-order valence-corrected chi connectivity index (χ2v) is 6.26. The van der Waals surface area contributed by atoms with Crippen molar-refractivity contribution >= 4 is 5.97 Å². The fraction of sp³-hybridized carbons (Fsp3) is 0.632. The van der Waals surface area contributed by atoms with Crippen molar-refractivity contribution in [2.75, 3.05) is 7.11 Å². The van der Waals surface area contributed by atoms with Gasteiger partial charge < -0.3 is 4.74 Å². The molecule has 0 aromatic heterocycles. The number of hydrogen-bond donors (Lipinski definition) is 0. The van der Waals surface area contributed by atoms with E-state index in [1.807, 2.05) is 6.08 Å². The Morgan fingerprint density at radius 2 is 1.81 bits per heavy atom. The lowest BCUT2D eigenvalue weighted by molar-refractivity contribution is -0.134. The average Bonchev–Trinajstić information content (AvgIpc) is 2.51. The summed E-state index contributed by atoms with van der Waals surface area (Å²) >= 11 is 0. The highest BCUT2D eigenvalue weighted by Gasteiger charge is 2.46. The van der Waals surface area contributed by atoms with Gasteiger partial charge in [0, 0.05) is 6.08 Å². The van der Waals surface area contributed by atoms with Gasteiger partial charge in [0.15, 0.2) is 0 Å². The van der Waals surface area contributed by atoms with Gasteiger partial charge in [0.2, 0.25) is 0 Å². The maximum absolute atomic E-state index is 11.2. The van der Waals surface area contributed by atoms with Crippen LogP contribution < -0.4 is 0 Å². The van der Waals surface area contributed by atoms with Crippen molar-refractivity contribution in [3.05, 3.63) is 36.5 Å². The van der Waals surface area contributed by atoms with Gasteiger partial charge in [0.05, 0.1) is 7.11 Å². The molecule has 0 spiro atoms. The van der Waals surface area contributed by atoms with Gasteiger partial charge in [-0.3, -0.25) is 0 Å². The van der Waals surface area contributed by atoms with Crippen LogP contribution in [0.1, 0.15) is 45.4 Å². The van der Waals surface area contributed by atoms with Crippen molar-refractivity contribution in [3.8, 4) is 0 Å². The van der Waals surface area contributed by atoms with E-state index in [1.54, 1.807) is 6.08 Å². The third-order valence-corrected chi connectivity index (χ3v) is 5.02. The van der Waals surface area contributed by atoms with Gasteiger partial charge in [-0.15, -0.1) is 0 Å². The number of carbonyl (C=O) groups is 1. The van der Waals surface area contributed by atoms with Crippen molar-refractivity contribution in [1.29, 1.82) is 0 Å². The number of allylic oxidation sites excluding steroid dienone is 5. The van der Waals surface area contributed by atoms with Gasteiger partial charge >= 0.3 is 5.97 Å². The largest absolute Gasteiger partial charge is 0.466 e. The molecule has 116 valence electrons. The zero-order valence-corrected chi connectivity index (χ0v) is 13.3. The lowest BCUT2D eigenvalue weighted by Crippen LogP contribution is -2.45. The summed E-state index contributed by atoms with van der Waals surface area (Å²) in [5, 5.41) is 0. The van der Waals surface area contributed by atoms with Crippen LogP contribution >= 0.6 is 0 Å². The van der Waals surface area contributed by atoms with Gasteiger partial charge in [-0.25, -0.2) is 4.79 Å². The molecule has 21 heavy (non-hydrogen) atoms. The van der Waals surface area contributed by atoms with Crippen molar-refractivity contribution in [2.24, 2.45) is 23.7 Å². The highest BCUT2D eigenvalue weighted by molar-refractivity contribution is 5.81. The first-order valence-corrected chi connectivity index (χ1v) is 8.37. The molecule has 1 fully saturated rings. The summed E-state index contributed by atoms with van der Waals surface area (Å²) in [6, 6.07) is 0. The molecule has 0 N–H and O–H groups in total.